The van der Waals surface area contributed by atoms with Gasteiger partial charge in [-0.25, -0.2) is 0 Å². The lowest BCUT2D eigenvalue weighted by atomic mass is 9.87. The molecule has 0 spiro atoms. The number of carbonyl (C=O) groups is 1. The largest absolute Gasteiger partial charge is 0.393 e. The van der Waals surface area contributed by atoms with Gasteiger partial charge < -0.3 is 15.4 Å². The number of fused-ring (bicyclic) bond motifs is 1. The van der Waals surface area contributed by atoms with Crippen LogP contribution in [0.25, 0.3) is 10.8 Å². The van der Waals surface area contributed by atoms with E-state index in [1.54, 1.807) is 31.2 Å². The fraction of sp³-hybridized carbons (Fsp3) is 0.412. The first-order chi connectivity index (χ1) is 10.3. The van der Waals surface area contributed by atoms with E-state index in [0.29, 0.717) is 18.4 Å². The maximum atomic E-state index is 12.2. The molecule has 1 heterocycles. The summed E-state index contributed by atoms with van der Waals surface area (Å²) in [4.78, 5) is 26.8. The molecule has 3 N–H and O–H groups in total. The molecule has 118 valence electrons. The summed E-state index contributed by atoms with van der Waals surface area (Å²) in [5.74, 6) is -0.318. The van der Waals surface area contributed by atoms with E-state index in [2.05, 4.69) is 10.3 Å². The average Bonchev–Trinajstić information content (AvgIpc) is 2.43. The molecule has 1 aromatic carbocycles. The Morgan fingerprint density at radius 1 is 1.36 bits per heavy atom. The summed E-state index contributed by atoms with van der Waals surface area (Å²) in [5.41, 5.74) is -0.246. The summed E-state index contributed by atoms with van der Waals surface area (Å²) in [5, 5.41) is 13.6. The number of aliphatic hydroxyl groups excluding tert-OH is 1. The molecule has 0 saturated heterocycles. The van der Waals surface area contributed by atoms with Gasteiger partial charge in [-0.15, -0.1) is 0 Å². The van der Waals surface area contributed by atoms with Gasteiger partial charge in [0, 0.05) is 11.9 Å². The molecule has 0 fully saturated rings. The molecule has 0 radical (unpaired) electrons. The molecule has 1 amide bonds. The molecule has 1 atom stereocenters. The van der Waals surface area contributed by atoms with Gasteiger partial charge in [0.15, 0.2) is 0 Å². The van der Waals surface area contributed by atoms with E-state index in [1.165, 1.54) is 0 Å². The minimum atomic E-state index is -0.424. The van der Waals surface area contributed by atoms with Gasteiger partial charge in [-0.05, 0) is 36.3 Å². The van der Waals surface area contributed by atoms with Crippen molar-refractivity contribution >= 4 is 16.7 Å². The van der Waals surface area contributed by atoms with Gasteiger partial charge in [0.05, 0.1) is 6.10 Å². The van der Waals surface area contributed by atoms with Crippen molar-refractivity contribution in [3.63, 3.8) is 0 Å². The number of hydrogen-bond donors (Lipinski definition) is 3. The standard InChI is InChI=1S/C17H22N2O3/c1-11(20)9-17(2,3)10-18-16(22)14-8-12-6-4-5-7-13(12)15(21)19-14/h4-8,11,20H,9-10H2,1-3H3,(H,18,22)(H,19,21). The number of aromatic amines is 1. The summed E-state index contributed by atoms with van der Waals surface area (Å²) in [7, 11) is 0. The highest BCUT2D eigenvalue weighted by Crippen LogP contribution is 2.21. The van der Waals surface area contributed by atoms with Gasteiger partial charge in [-0.1, -0.05) is 32.0 Å². The van der Waals surface area contributed by atoms with Crippen LogP contribution in [0.3, 0.4) is 0 Å². The number of rotatable bonds is 5. The monoisotopic (exact) mass is 302 g/mol. The molecule has 0 aliphatic heterocycles. The zero-order valence-electron chi connectivity index (χ0n) is 13.1. The molecule has 1 aromatic heterocycles. The highest BCUT2D eigenvalue weighted by molar-refractivity contribution is 5.96. The first kappa shape index (κ1) is 16.2. The number of amides is 1. The van der Waals surface area contributed by atoms with Crippen molar-refractivity contribution in [2.24, 2.45) is 5.41 Å². The number of nitrogens with one attached hydrogen (secondary N) is 2. The van der Waals surface area contributed by atoms with Crippen molar-refractivity contribution in [2.75, 3.05) is 6.54 Å². The minimum Gasteiger partial charge on any atom is -0.393 e. The molecular weight excluding hydrogens is 280 g/mol. The van der Waals surface area contributed by atoms with Crippen molar-refractivity contribution in [1.82, 2.24) is 10.3 Å². The molecule has 2 rings (SSSR count). The van der Waals surface area contributed by atoms with Gasteiger partial charge in [0.2, 0.25) is 0 Å². The smallest absolute Gasteiger partial charge is 0.267 e. The van der Waals surface area contributed by atoms with Crippen LogP contribution in [0, 0.1) is 5.41 Å². The lowest BCUT2D eigenvalue weighted by Gasteiger charge is -2.26. The average molecular weight is 302 g/mol. The van der Waals surface area contributed by atoms with Crippen molar-refractivity contribution in [1.29, 1.82) is 0 Å². The minimum absolute atomic E-state index is 0.221. The second-order valence-electron chi connectivity index (χ2n) is 6.50. The number of hydrogen-bond acceptors (Lipinski definition) is 3. The van der Waals surface area contributed by atoms with E-state index in [9.17, 15) is 14.7 Å². The van der Waals surface area contributed by atoms with Crippen LogP contribution >= 0.6 is 0 Å². The Kier molecular flexibility index (Phi) is 4.66. The zero-order valence-corrected chi connectivity index (χ0v) is 13.1. The Hall–Kier alpha value is -2.14. The Morgan fingerprint density at radius 2 is 2.05 bits per heavy atom. The van der Waals surface area contributed by atoms with Gasteiger partial charge >= 0.3 is 0 Å². The number of aromatic nitrogens is 1. The molecular formula is C17H22N2O3. The molecule has 1 unspecified atom stereocenters. The van der Waals surface area contributed by atoms with Crippen LogP contribution in [0.4, 0.5) is 0 Å². The van der Waals surface area contributed by atoms with E-state index in [1.807, 2.05) is 19.9 Å². The first-order valence-electron chi connectivity index (χ1n) is 7.37. The van der Waals surface area contributed by atoms with E-state index >= 15 is 0 Å². The summed E-state index contributed by atoms with van der Waals surface area (Å²) in [6.07, 6.45) is 0.161. The third-order valence-corrected chi connectivity index (χ3v) is 3.57. The van der Waals surface area contributed by atoms with Crippen LogP contribution in [0.5, 0.6) is 0 Å². The quantitative estimate of drug-likeness (QED) is 0.790. The number of H-pyrrole nitrogens is 1. The van der Waals surface area contributed by atoms with Crippen LogP contribution < -0.4 is 10.9 Å². The van der Waals surface area contributed by atoms with Crippen molar-refractivity contribution in [3.05, 3.63) is 46.4 Å². The summed E-state index contributed by atoms with van der Waals surface area (Å²) >= 11 is 0. The van der Waals surface area contributed by atoms with E-state index in [4.69, 9.17) is 0 Å². The number of carbonyl (C=O) groups excluding carboxylic acids is 1. The zero-order chi connectivity index (χ0) is 16.3. The van der Waals surface area contributed by atoms with Crippen LogP contribution in [-0.2, 0) is 0 Å². The second-order valence-corrected chi connectivity index (χ2v) is 6.50. The molecule has 0 saturated carbocycles. The van der Waals surface area contributed by atoms with E-state index in [-0.39, 0.29) is 22.6 Å². The third-order valence-electron chi connectivity index (χ3n) is 3.57. The van der Waals surface area contributed by atoms with Crippen LogP contribution in [0.2, 0.25) is 0 Å². The van der Waals surface area contributed by atoms with Crippen LogP contribution in [0.15, 0.2) is 35.1 Å². The fourth-order valence-electron chi connectivity index (χ4n) is 2.62. The summed E-state index contributed by atoms with van der Waals surface area (Å²) in [6.45, 7) is 6.10. The molecule has 22 heavy (non-hydrogen) atoms. The van der Waals surface area contributed by atoms with Gasteiger partial charge in [0.1, 0.15) is 5.69 Å². The maximum absolute atomic E-state index is 12.2. The van der Waals surface area contributed by atoms with Crippen molar-refractivity contribution < 1.29 is 9.90 Å². The Morgan fingerprint density at radius 3 is 2.73 bits per heavy atom. The predicted octanol–water partition coefficient (Wildman–Crippen LogP) is 2.06. The third kappa shape index (κ3) is 3.95. The van der Waals surface area contributed by atoms with Crippen LogP contribution in [-0.4, -0.2) is 28.6 Å². The van der Waals surface area contributed by atoms with Crippen molar-refractivity contribution in [3.8, 4) is 0 Å². The van der Waals surface area contributed by atoms with Crippen LogP contribution in [0.1, 0.15) is 37.7 Å². The topological polar surface area (TPSA) is 82.2 Å². The Bertz CT molecular complexity index is 732. The van der Waals surface area contributed by atoms with E-state index < -0.39 is 6.10 Å². The van der Waals surface area contributed by atoms with Crippen molar-refractivity contribution in [2.45, 2.75) is 33.3 Å². The first-order valence-corrected chi connectivity index (χ1v) is 7.37. The summed E-state index contributed by atoms with van der Waals surface area (Å²) in [6, 6.07) is 8.82. The number of aliphatic hydroxyl groups is 1. The predicted molar refractivity (Wildman–Crippen MR) is 87.0 cm³/mol. The lowest BCUT2D eigenvalue weighted by molar-refractivity contribution is 0.0897. The molecule has 0 bridgehead atoms. The normalized spacial score (nSPS) is 13.1. The Labute approximate surface area is 129 Å². The molecule has 5 heteroatoms. The molecule has 2 aromatic rings. The number of benzene rings is 1. The second kappa shape index (κ2) is 6.32. The highest BCUT2D eigenvalue weighted by Gasteiger charge is 2.21. The molecule has 0 aliphatic carbocycles. The SMILES string of the molecule is CC(O)CC(C)(C)CNC(=O)c1cc2ccccc2c(=O)[nH]1. The highest BCUT2D eigenvalue weighted by atomic mass is 16.3. The van der Waals surface area contributed by atoms with Gasteiger partial charge in [-0.3, -0.25) is 9.59 Å². The molecule has 5 nitrogen and oxygen atoms in total. The lowest BCUT2D eigenvalue weighted by Crippen LogP contribution is -2.36. The Balaban J connectivity index is 2.15. The number of pyridine rings is 1. The van der Waals surface area contributed by atoms with Gasteiger partial charge in [-0.2, -0.15) is 0 Å². The van der Waals surface area contributed by atoms with Gasteiger partial charge in [0.25, 0.3) is 11.5 Å². The molecule has 0 aliphatic rings. The summed E-state index contributed by atoms with van der Waals surface area (Å²) < 4.78 is 0. The van der Waals surface area contributed by atoms with E-state index in [0.717, 1.165) is 5.39 Å². The maximum Gasteiger partial charge on any atom is 0.267 e. The fourth-order valence-corrected chi connectivity index (χ4v) is 2.62.